The van der Waals surface area contributed by atoms with E-state index in [1.165, 1.54) is 11.6 Å². The van der Waals surface area contributed by atoms with Crippen molar-refractivity contribution in [2.45, 2.75) is 36.5 Å². The van der Waals surface area contributed by atoms with Gasteiger partial charge in [-0.25, -0.2) is 8.42 Å². The molecule has 1 saturated heterocycles. The zero-order valence-electron chi connectivity index (χ0n) is 18.4. The Morgan fingerprint density at radius 1 is 1.12 bits per heavy atom. The van der Waals surface area contributed by atoms with Gasteiger partial charge in [0.2, 0.25) is 5.91 Å². The molecule has 33 heavy (non-hydrogen) atoms. The van der Waals surface area contributed by atoms with Crippen LogP contribution < -0.4 is 5.32 Å². The zero-order valence-corrected chi connectivity index (χ0v) is 19.2. The number of nitrogens with one attached hydrogen (secondary N) is 1. The molecule has 0 atom stereocenters. The maximum absolute atomic E-state index is 12.5. The molecule has 0 spiro atoms. The molecule has 10 heteroatoms. The third-order valence-corrected chi connectivity index (χ3v) is 6.93. The van der Waals surface area contributed by atoms with E-state index in [1.54, 1.807) is 0 Å². The summed E-state index contributed by atoms with van der Waals surface area (Å²) in [5.41, 5.74) is 0.653. The van der Waals surface area contributed by atoms with Crippen LogP contribution in [-0.2, 0) is 14.6 Å². The van der Waals surface area contributed by atoms with Crippen molar-refractivity contribution in [3.8, 4) is 0 Å². The highest BCUT2D eigenvalue weighted by Crippen LogP contribution is 2.28. The van der Waals surface area contributed by atoms with Crippen molar-refractivity contribution in [2.75, 3.05) is 25.9 Å². The van der Waals surface area contributed by atoms with Crippen LogP contribution in [0.1, 0.15) is 47.5 Å². The van der Waals surface area contributed by atoms with Crippen molar-refractivity contribution in [3.05, 3.63) is 69.8 Å². The van der Waals surface area contributed by atoms with E-state index in [4.69, 9.17) is 0 Å². The highest BCUT2D eigenvalue weighted by atomic mass is 32.2. The SMILES string of the molecule is CS(=O)(=O)c1ccc(C(=O)NCCCC(=O)N2CCC(c3ccccc3)CC2)cc1[N+](=O)[O-]. The summed E-state index contributed by atoms with van der Waals surface area (Å²) in [6.07, 6.45) is 3.45. The van der Waals surface area contributed by atoms with Crippen molar-refractivity contribution in [3.63, 3.8) is 0 Å². The number of carbonyl (C=O) groups is 2. The fourth-order valence-electron chi connectivity index (χ4n) is 4.00. The van der Waals surface area contributed by atoms with Crippen molar-refractivity contribution >= 4 is 27.3 Å². The summed E-state index contributed by atoms with van der Waals surface area (Å²) in [4.78, 5) is 36.6. The molecule has 176 valence electrons. The number of piperidine rings is 1. The maximum atomic E-state index is 12.5. The molecule has 0 saturated carbocycles. The van der Waals surface area contributed by atoms with E-state index in [0.717, 1.165) is 31.2 Å². The van der Waals surface area contributed by atoms with Gasteiger partial charge in [-0.3, -0.25) is 19.7 Å². The highest BCUT2D eigenvalue weighted by Gasteiger charge is 2.25. The number of amides is 2. The van der Waals surface area contributed by atoms with Crippen LogP contribution in [0.15, 0.2) is 53.4 Å². The van der Waals surface area contributed by atoms with Gasteiger partial charge in [-0.15, -0.1) is 0 Å². The molecule has 0 bridgehead atoms. The van der Waals surface area contributed by atoms with Gasteiger partial charge in [0, 0.05) is 43.9 Å². The summed E-state index contributed by atoms with van der Waals surface area (Å²) in [7, 11) is -3.80. The second-order valence-electron chi connectivity index (χ2n) is 8.14. The topological polar surface area (TPSA) is 127 Å². The molecule has 0 radical (unpaired) electrons. The van der Waals surface area contributed by atoms with Crippen LogP contribution in [0.5, 0.6) is 0 Å². The first-order valence-corrected chi connectivity index (χ1v) is 12.7. The Morgan fingerprint density at radius 3 is 2.39 bits per heavy atom. The summed E-state index contributed by atoms with van der Waals surface area (Å²) in [5.74, 6) is -0.0501. The number of benzene rings is 2. The molecular weight excluding hydrogens is 446 g/mol. The predicted octanol–water partition coefficient (Wildman–Crippen LogP) is 2.91. The summed E-state index contributed by atoms with van der Waals surface area (Å²) in [5, 5.41) is 13.8. The van der Waals surface area contributed by atoms with E-state index in [-0.39, 0.29) is 18.0 Å². The lowest BCUT2D eigenvalue weighted by Gasteiger charge is -2.32. The van der Waals surface area contributed by atoms with Crippen LogP contribution in [0.2, 0.25) is 0 Å². The molecule has 0 aliphatic carbocycles. The lowest BCUT2D eigenvalue weighted by atomic mass is 9.89. The van der Waals surface area contributed by atoms with Crippen molar-refractivity contribution in [2.24, 2.45) is 0 Å². The number of rotatable bonds is 8. The van der Waals surface area contributed by atoms with E-state index >= 15 is 0 Å². The number of nitro groups is 1. The fraction of sp³-hybridized carbons (Fsp3) is 0.391. The van der Waals surface area contributed by atoms with Gasteiger partial charge >= 0.3 is 0 Å². The molecule has 1 fully saturated rings. The Balaban J connectivity index is 1.45. The smallest absolute Gasteiger partial charge is 0.288 e. The molecule has 1 aliphatic heterocycles. The highest BCUT2D eigenvalue weighted by molar-refractivity contribution is 7.90. The quantitative estimate of drug-likeness (QED) is 0.357. The van der Waals surface area contributed by atoms with Crippen molar-refractivity contribution in [1.82, 2.24) is 10.2 Å². The van der Waals surface area contributed by atoms with E-state index < -0.39 is 31.3 Å². The Hall–Kier alpha value is -3.27. The van der Waals surface area contributed by atoms with Crippen LogP contribution in [0.4, 0.5) is 5.69 Å². The van der Waals surface area contributed by atoms with Gasteiger partial charge in [-0.1, -0.05) is 30.3 Å². The molecule has 1 N–H and O–H groups in total. The molecule has 2 aromatic carbocycles. The van der Waals surface area contributed by atoms with Gasteiger partial charge < -0.3 is 10.2 Å². The van der Waals surface area contributed by atoms with Gasteiger partial charge in [0.25, 0.3) is 11.6 Å². The van der Waals surface area contributed by atoms with E-state index in [1.807, 2.05) is 23.1 Å². The summed E-state index contributed by atoms with van der Waals surface area (Å²) < 4.78 is 23.4. The minimum atomic E-state index is -3.80. The molecule has 3 rings (SSSR count). The minimum Gasteiger partial charge on any atom is -0.352 e. The normalized spacial score (nSPS) is 14.6. The Kier molecular flexibility index (Phi) is 7.80. The zero-order chi connectivity index (χ0) is 24.0. The van der Waals surface area contributed by atoms with E-state index in [2.05, 4.69) is 17.4 Å². The number of nitro benzene ring substituents is 1. The molecule has 0 unspecified atom stereocenters. The maximum Gasteiger partial charge on any atom is 0.288 e. The largest absolute Gasteiger partial charge is 0.352 e. The first-order chi connectivity index (χ1) is 15.7. The van der Waals surface area contributed by atoms with Crippen molar-refractivity contribution in [1.29, 1.82) is 0 Å². The van der Waals surface area contributed by atoms with Crippen LogP contribution in [-0.4, -0.2) is 55.9 Å². The molecule has 1 heterocycles. The Labute approximate surface area is 192 Å². The standard InChI is InChI=1S/C23H27N3O6S/c1-33(31,32)21-10-9-19(16-20(21)26(29)30)23(28)24-13-5-8-22(27)25-14-11-18(12-15-25)17-6-3-2-4-7-17/h2-4,6-7,9-10,16,18H,5,8,11-15H2,1H3,(H,24,28). The average Bonchev–Trinajstić information content (AvgIpc) is 2.81. The van der Waals surface area contributed by atoms with Gasteiger partial charge in [0.05, 0.1) is 4.92 Å². The second-order valence-corrected chi connectivity index (χ2v) is 10.1. The van der Waals surface area contributed by atoms with Gasteiger partial charge in [0.1, 0.15) is 4.90 Å². The molecule has 2 aromatic rings. The number of nitrogens with zero attached hydrogens (tertiary/aromatic N) is 2. The van der Waals surface area contributed by atoms with E-state index in [9.17, 15) is 28.1 Å². The monoisotopic (exact) mass is 473 g/mol. The first kappa shape index (κ1) is 24.4. The predicted molar refractivity (Wildman–Crippen MR) is 123 cm³/mol. The molecule has 2 amide bonds. The number of likely N-dealkylation sites (tertiary alicyclic amines) is 1. The number of carbonyl (C=O) groups excluding carboxylic acids is 2. The number of sulfone groups is 1. The third kappa shape index (κ3) is 6.38. The Bertz CT molecular complexity index is 1130. The second kappa shape index (κ2) is 10.6. The lowest BCUT2D eigenvalue weighted by molar-refractivity contribution is -0.387. The summed E-state index contributed by atoms with van der Waals surface area (Å²) >= 11 is 0. The van der Waals surface area contributed by atoms with Crippen LogP contribution in [0, 0.1) is 10.1 Å². The third-order valence-electron chi connectivity index (χ3n) is 5.79. The summed E-state index contributed by atoms with van der Waals surface area (Å²) in [6.45, 7) is 1.65. The molecule has 9 nitrogen and oxygen atoms in total. The molecule has 0 aromatic heterocycles. The van der Waals surface area contributed by atoms with Crippen LogP contribution in [0.25, 0.3) is 0 Å². The number of hydrogen-bond acceptors (Lipinski definition) is 6. The van der Waals surface area contributed by atoms with E-state index in [0.29, 0.717) is 31.8 Å². The lowest BCUT2D eigenvalue weighted by Crippen LogP contribution is -2.38. The first-order valence-electron chi connectivity index (χ1n) is 10.8. The van der Waals surface area contributed by atoms with Gasteiger partial charge in [-0.2, -0.15) is 0 Å². The average molecular weight is 474 g/mol. The van der Waals surface area contributed by atoms with Gasteiger partial charge in [-0.05, 0) is 42.9 Å². The van der Waals surface area contributed by atoms with Crippen molar-refractivity contribution < 1.29 is 22.9 Å². The van der Waals surface area contributed by atoms with Crippen LogP contribution in [0.3, 0.4) is 0 Å². The number of hydrogen-bond donors (Lipinski definition) is 1. The molecule has 1 aliphatic rings. The Morgan fingerprint density at radius 2 is 1.79 bits per heavy atom. The molecular formula is C23H27N3O6S. The minimum absolute atomic E-state index is 0.0107. The summed E-state index contributed by atoms with van der Waals surface area (Å²) in [6, 6.07) is 13.5. The fourth-order valence-corrected chi connectivity index (χ4v) is 4.83. The van der Waals surface area contributed by atoms with Gasteiger partial charge in [0.15, 0.2) is 9.84 Å². The van der Waals surface area contributed by atoms with Crippen LogP contribution >= 0.6 is 0 Å².